The van der Waals surface area contributed by atoms with Crippen LogP contribution in [0.25, 0.3) is 17.2 Å². The Bertz CT molecular complexity index is 1240. The third-order valence-electron chi connectivity index (χ3n) is 4.50. The molecule has 4 rings (SSSR count). The lowest BCUT2D eigenvalue weighted by molar-refractivity contribution is -0.113. The summed E-state index contributed by atoms with van der Waals surface area (Å²) in [5.41, 5.74) is 8.74. The smallest absolute Gasteiger partial charge is 0.248 e. The van der Waals surface area contributed by atoms with Gasteiger partial charge in [0.1, 0.15) is 5.69 Å². The van der Waals surface area contributed by atoms with Crippen molar-refractivity contribution >= 4 is 29.3 Å². The quantitative estimate of drug-likeness (QED) is 0.419. The predicted molar refractivity (Wildman–Crippen MR) is 121 cm³/mol. The van der Waals surface area contributed by atoms with Gasteiger partial charge in [0.15, 0.2) is 11.0 Å². The van der Waals surface area contributed by atoms with Crippen LogP contribution in [-0.2, 0) is 4.79 Å². The Balaban J connectivity index is 1.54. The molecule has 0 atom stereocenters. The molecule has 0 spiro atoms. The summed E-state index contributed by atoms with van der Waals surface area (Å²) >= 11 is 1.25. The maximum atomic E-state index is 12.5. The number of hydrogen-bond acceptors (Lipinski definition) is 7. The average Bonchev–Trinajstić information content (AvgIpc) is 3.23. The number of primary amides is 1. The van der Waals surface area contributed by atoms with Crippen LogP contribution in [0.3, 0.4) is 0 Å². The highest BCUT2D eigenvalue weighted by Gasteiger charge is 2.18. The Hall–Kier alpha value is -4.05. The number of nitrogens with one attached hydrogen (secondary N) is 1. The molecule has 0 saturated heterocycles. The molecular formula is C22H19N7O2S. The topological polar surface area (TPSA) is 129 Å². The van der Waals surface area contributed by atoms with Crippen molar-refractivity contribution < 1.29 is 9.59 Å². The normalized spacial score (nSPS) is 10.7. The summed E-state index contributed by atoms with van der Waals surface area (Å²) in [7, 11) is 0. The summed E-state index contributed by atoms with van der Waals surface area (Å²) < 4.78 is 1.85. The molecule has 0 fully saturated rings. The van der Waals surface area contributed by atoms with Gasteiger partial charge in [-0.15, -0.1) is 10.2 Å². The van der Waals surface area contributed by atoms with E-state index in [4.69, 9.17) is 5.73 Å². The van der Waals surface area contributed by atoms with Crippen LogP contribution in [0.1, 0.15) is 15.9 Å². The van der Waals surface area contributed by atoms with Crippen molar-refractivity contribution in [2.75, 3.05) is 11.1 Å². The van der Waals surface area contributed by atoms with E-state index in [1.807, 2.05) is 35.8 Å². The summed E-state index contributed by atoms with van der Waals surface area (Å²) in [4.78, 5) is 32.1. The molecule has 2 aromatic heterocycles. The summed E-state index contributed by atoms with van der Waals surface area (Å²) in [6, 6.07) is 14.3. The average molecular weight is 446 g/mol. The first-order valence-electron chi connectivity index (χ1n) is 9.62. The molecule has 3 N–H and O–H groups in total. The zero-order valence-corrected chi connectivity index (χ0v) is 17.9. The fourth-order valence-electron chi connectivity index (χ4n) is 2.92. The third kappa shape index (κ3) is 4.81. The third-order valence-corrected chi connectivity index (χ3v) is 5.43. The Kier molecular flexibility index (Phi) is 6.22. The number of anilines is 1. The van der Waals surface area contributed by atoms with Crippen molar-refractivity contribution in [1.82, 2.24) is 24.7 Å². The molecule has 32 heavy (non-hydrogen) atoms. The summed E-state index contributed by atoms with van der Waals surface area (Å²) in [5, 5.41) is 11.9. The van der Waals surface area contributed by atoms with Crippen LogP contribution in [0, 0.1) is 6.92 Å². The first kappa shape index (κ1) is 21.2. The van der Waals surface area contributed by atoms with E-state index in [-0.39, 0.29) is 11.7 Å². The molecule has 0 bridgehead atoms. The molecule has 0 radical (unpaired) electrons. The van der Waals surface area contributed by atoms with Crippen LogP contribution in [0.2, 0.25) is 0 Å². The van der Waals surface area contributed by atoms with E-state index in [1.54, 1.807) is 42.9 Å². The summed E-state index contributed by atoms with van der Waals surface area (Å²) in [6.45, 7) is 2.01. The van der Waals surface area contributed by atoms with Crippen molar-refractivity contribution in [2.24, 2.45) is 5.73 Å². The van der Waals surface area contributed by atoms with Gasteiger partial charge in [-0.25, -0.2) is 4.98 Å². The second-order valence-electron chi connectivity index (χ2n) is 6.85. The first-order chi connectivity index (χ1) is 15.5. The van der Waals surface area contributed by atoms with E-state index in [0.717, 1.165) is 11.3 Å². The van der Waals surface area contributed by atoms with Crippen LogP contribution >= 0.6 is 11.8 Å². The zero-order valence-electron chi connectivity index (χ0n) is 17.1. The molecule has 2 amide bonds. The van der Waals surface area contributed by atoms with Gasteiger partial charge in [-0.2, -0.15) is 0 Å². The van der Waals surface area contributed by atoms with Crippen LogP contribution in [0.5, 0.6) is 0 Å². The SMILES string of the molecule is Cc1ccc(-n2c(SCC(=O)Nc3ccc(C(N)=O)cc3)nnc2-c2cnccn2)cc1. The number of amides is 2. The molecule has 0 aliphatic rings. The van der Waals surface area contributed by atoms with E-state index in [1.165, 1.54) is 11.8 Å². The van der Waals surface area contributed by atoms with Gasteiger partial charge in [-0.3, -0.25) is 19.1 Å². The molecule has 10 heteroatoms. The van der Waals surface area contributed by atoms with Gasteiger partial charge in [0, 0.05) is 29.3 Å². The summed E-state index contributed by atoms with van der Waals surface area (Å²) in [6.07, 6.45) is 4.80. The largest absolute Gasteiger partial charge is 0.366 e. The van der Waals surface area contributed by atoms with Gasteiger partial charge in [0.2, 0.25) is 11.8 Å². The maximum Gasteiger partial charge on any atom is 0.248 e. The second kappa shape index (κ2) is 9.40. The fourth-order valence-corrected chi connectivity index (χ4v) is 3.67. The summed E-state index contributed by atoms with van der Waals surface area (Å²) in [5.74, 6) is -0.0943. The highest BCUT2D eigenvalue weighted by atomic mass is 32.2. The zero-order chi connectivity index (χ0) is 22.5. The van der Waals surface area contributed by atoms with Gasteiger partial charge in [-0.1, -0.05) is 29.5 Å². The number of rotatable bonds is 7. The highest BCUT2D eigenvalue weighted by Crippen LogP contribution is 2.27. The molecule has 4 aromatic rings. The number of benzene rings is 2. The van der Waals surface area contributed by atoms with Crippen LogP contribution in [-0.4, -0.2) is 42.3 Å². The number of carbonyl (C=O) groups excluding carboxylic acids is 2. The van der Waals surface area contributed by atoms with Gasteiger partial charge >= 0.3 is 0 Å². The van der Waals surface area contributed by atoms with Crippen LogP contribution < -0.4 is 11.1 Å². The van der Waals surface area contributed by atoms with Crippen LogP contribution in [0.15, 0.2) is 72.3 Å². The second-order valence-corrected chi connectivity index (χ2v) is 7.79. The highest BCUT2D eigenvalue weighted by molar-refractivity contribution is 7.99. The first-order valence-corrected chi connectivity index (χ1v) is 10.6. The molecule has 2 heterocycles. The Labute approximate surface area is 188 Å². The molecule has 9 nitrogen and oxygen atoms in total. The minimum Gasteiger partial charge on any atom is -0.366 e. The number of hydrogen-bond donors (Lipinski definition) is 2. The van der Waals surface area contributed by atoms with Gasteiger partial charge < -0.3 is 11.1 Å². The molecule has 0 aliphatic carbocycles. The standard InChI is InChI=1S/C22H19N7O2S/c1-14-2-8-17(9-3-14)29-21(18-12-24-10-11-25-18)27-28-22(29)32-13-19(30)26-16-6-4-15(5-7-16)20(23)31/h2-12H,13H2,1H3,(H2,23,31)(H,26,30). The Morgan fingerprint density at radius 2 is 1.78 bits per heavy atom. The van der Waals surface area contributed by atoms with E-state index in [9.17, 15) is 9.59 Å². The predicted octanol–water partition coefficient (Wildman–Crippen LogP) is 2.86. The molecule has 0 aliphatic heterocycles. The van der Waals surface area contributed by atoms with Gasteiger partial charge in [-0.05, 0) is 43.3 Å². The van der Waals surface area contributed by atoms with Crippen molar-refractivity contribution in [3.8, 4) is 17.2 Å². The van der Waals surface area contributed by atoms with E-state index < -0.39 is 5.91 Å². The van der Waals surface area contributed by atoms with Crippen molar-refractivity contribution in [3.05, 3.63) is 78.2 Å². The maximum absolute atomic E-state index is 12.5. The molecule has 0 saturated carbocycles. The van der Waals surface area contributed by atoms with E-state index in [0.29, 0.717) is 27.9 Å². The number of thioether (sulfide) groups is 1. The van der Waals surface area contributed by atoms with Gasteiger partial charge in [0.05, 0.1) is 11.9 Å². The number of nitrogens with two attached hydrogens (primary N) is 1. The lowest BCUT2D eigenvalue weighted by Crippen LogP contribution is -2.15. The number of carbonyl (C=O) groups is 2. The minimum absolute atomic E-state index is 0.113. The van der Waals surface area contributed by atoms with E-state index >= 15 is 0 Å². The number of aromatic nitrogens is 5. The lowest BCUT2D eigenvalue weighted by atomic mass is 10.2. The molecule has 2 aromatic carbocycles. The van der Waals surface area contributed by atoms with Crippen molar-refractivity contribution in [2.45, 2.75) is 12.1 Å². The van der Waals surface area contributed by atoms with Crippen LogP contribution in [0.4, 0.5) is 5.69 Å². The van der Waals surface area contributed by atoms with Gasteiger partial charge in [0.25, 0.3) is 0 Å². The Morgan fingerprint density at radius 1 is 1.03 bits per heavy atom. The molecule has 0 unspecified atom stereocenters. The van der Waals surface area contributed by atoms with Crippen molar-refractivity contribution in [3.63, 3.8) is 0 Å². The Morgan fingerprint density at radius 3 is 2.44 bits per heavy atom. The monoisotopic (exact) mass is 445 g/mol. The number of nitrogens with zero attached hydrogens (tertiary/aromatic N) is 5. The number of aryl methyl sites for hydroxylation is 1. The van der Waals surface area contributed by atoms with E-state index in [2.05, 4.69) is 25.5 Å². The van der Waals surface area contributed by atoms with Crippen molar-refractivity contribution in [1.29, 1.82) is 0 Å². The minimum atomic E-state index is -0.521. The lowest BCUT2D eigenvalue weighted by Gasteiger charge is -2.10. The molecular weight excluding hydrogens is 426 g/mol. The molecule has 160 valence electrons. The fraction of sp³-hybridized carbons (Fsp3) is 0.0909.